The van der Waals surface area contributed by atoms with E-state index in [4.69, 9.17) is 9.84 Å². The minimum atomic E-state index is -3.57. The molecule has 3 rings (SSSR count). The van der Waals surface area contributed by atoms with Gasteiger partial charge in [-0.3, -0.25) is 9.69 Å². The number of carboxylic acid groups (broad SMARTS) is 1. The lowest BCUT2D eigenvalue weighted by Crippen LogP contribution is -2.48. The third kappa shape index (κ3) is 4.86. The molecule has 9 heteroatoms. The Hall–Kier alpha value is -1.94. The molecule has 1 fully saturated rings. The number of methoxy groups -OCH3 is 1. The first-order valence-electron chi connectivity index (χ1n) is 8.54. The molecule has 7 nitrogen and oxygen atoms in total. The van der Waals surface area contributed by atoms with Crippen LogP contribution in [0.15, 0.2) is 40.6 Å². The third-order valence-electron chi connectivity index (χ3n) is 4.45. The molecule has 0 spiro atoms. The Balaban J connectivity index is 1.58. The van der Waals surface area contributed by atoms with E-state index in [1.165, 1.54) is 10.4 Å². The number of piperazine rings is 1. The maximum atomic E-state index is 12.8. The van der Waals surface area contributed by atoms with Crippen LogP contribution in [0.5, 0.6) is 5.75 Å². The number of hydrogen-bond acceptors (Lipinski definition) is 6. The highest BCUT2D eigenvalue weighted by Gasteiger charge is 2.29. The Morgan fingerprint density at radius 3 is 2.37 bits per heavy atom. The molecule has 0 amide bonds. The summed E-state index contributed by atoms with van der Waals surface area (Å²) in [4.78, 5) is 13.5. The van der Waals surface area contributed by atoms with E-state index in [0.29, 0.717) is 31.1 Å². The molecule has 1 aromatic heterocycles. The summed E-state index contributed by atoms with van der Waals surface area (Å²) in [5.41, 5.74) is 1.16. The Morgan fingerprint density at radius 1 is 1.11 bits per heavy atom. The number of nitrogens with zero attached hydrogens (tertiary/aromatic N) is 2. The highest BCUT2D eigenvalue weighted by molar-refractivity contribution is 7.91. The monoisotopic (exact) mass is 410 g/mol. The summed E-state index contributed by atoms with van der Waals surface area (Å²) < 4.78 is 32.4. The van der Waals surface area contributed by atoms with Gasteiger partial charge in [-0.05, 0) is 29.8 Å². The number of ether oxygens (including phenoxy) is 1. The zero-order chi connectivity index (χ0) is 19.4. The SMILES string of the molecule is COc1ccc(CN2CCN(S(=O)(=O)c3ccc(CC(=O)O)s3)CC2)cc1. The average Bonchev–Trinajstić information content (AvgIpc) is 3.11. The lowest BCUT2D eigenvalue weighted by molar-refractivity contribution is -0.136. The van der Waals surface area contributed by atoms with Crippen molar-refractivity contribution in [2.24, 2.45) is 0 Å². The van der Waals surface area contributed by atoms with Gasteiger partial charge in [0, 0.05) is 37.6 Å². The average molecular weight is 411 g/mol. The standard InChI is InChI=1S/C18H22N2O5S2/c1-25-15-4-2-14(3-5-15)13-19-8-10-20(11-9-19)27(23,24)18-7-6-16(26-18)12-17(21)22/h2-7H,8-13H2,1H3,(H,21,22). The molecular weight excluding hydrogens is 388 g/mol. The summed E-state index contributed by atoms with van der Waals surface area (Å²) in [6, 6.07) is 10.9. The Labute approximate surface area is 162 Å². The van der Waals surface area contributed by atoms with Gasteiger partial charge >= 0.3 is 5.97 Å². The predicted octanol–water partition coefficient (Wildman–Crippen LogP) is 1.89. The molecule has 0 atom stereocenters. The summed E-state index contributed by atoms with van der Waals surface area (Å²) in [5, 5.41) is 8.84. The van der Waals surface area contributed by atoms with Gasteiger partial charge < -0.3 is 9.84 Å². The second-order valence-corrected chi connectivity index (χ2v) is 9.65. The molecule has 0 unspecified atom stereocenters. The van der Waals surface area contributed by atoms with Gasteiger partial charge in [-0.1, -0.05) is 12.1 Å². The number of aliphatic carboxylic acids is 1. The molecule has 2 aromatic rings. The predicted molar refractivity (Wildman–Crippen MR) is 103 cm³/mol. The fourth-order valence-electron chi connectivity index (χ4n) is 2.99. The van der Waals surface area contributed by atoms with Gasteiger partial charge in [0.1, 0.15) is 9.96 Å². The number of hydrogen-bond donors (Lipinski definition) is 1. The fraction of sp³-hybridized carbons (Fsp3) is 0.389. The van der Waals surface area contributed by atoms with Gasteiger partial charge in [-0.25, -0.2) is 8.42 Å². The van der Waals surface area contributed by atoms with Crippen molar-refractivity contribution in [2.75, 3.05) is 33.3 Å². The summed E-state index contributed by atoms with van der Waals surface area (Å²) in [5.74, 6) is -0.152. The number of sulfonamides is 1. The first-order valence-corrected chi connectivity index (χ1v) is 10.8. The van der Waals surface area contributed by atoms with Crippen LogP contribution in [0.25, 0.3) is 0 Å². The Kier molecular flexibility index (Phi) is 6.15. The van der Waals surface area contributed by atoms with Crippen LogP contribution in [-0.4, -0.2) is 62.0 Å². The van der Waals surface area contributed by atoms with Crippen molar-refractivity contribution in [2.45, 2.75) is 17.2 Å². The number of benzene rings is 1. The first kappa shape index (κ1) is 19.8. The maximum Gasteiger partial charge on any atom is 0.308 e. The number of rotatable bonds is 7. The normalized spacial score (nSPS) is 16.3. The summed E-state index contributed by atoms with van der Waals surface area (Å²) in [7, 11) is -1.93. The Morgan fingerprint density at radius 2 is 1.78 bits per heavy atom. The van der Waals surface area contributed by atoms with Crippen LogP contribution in [0.4, 0.5) is 0 Å². The first-order chi connectivity index (χ1) is 12.9. The summed E-state index contributed by atoms with van der Waals surface area (Å²) in [6.07, 6.45) is -0.157. The molecule has 0 radical (unpaired) electrons. The van der Waals surface area contributed by atoms with Crippen molar-refractivity contribution >= 4 is 27.3 Å². The van der Waals surface area contributed by atoms with Crippen LogP contribution < -0.4 is 4.74 Å². The zero-order valence-corrected chi connectivity index (χ0v) is 16.6. The molecule has 1 aromatic carbocycles. The van der Waals surface area contributed by atoms with Crippen molar-refractivity contribution in [1.82, 2.24) is 9.21 Å². The summed E-state index contributed by atoms with van der Waals surface area (Å²) in [6.45, 7) is 2.91. The molecule has 0 aliphatic carbocycles. The maximum absolute atomic E-state index is 12.8. The number of carboxylic acids is 1. The van der Waals surface area contributed by atoms with E-state index in [0.717, 1.165) is 29.2 Å². The van der Waals surface area contributed by atoms with Crippen LogP contribution in [-0.2, 0) is 27.8 Å². The van der Waals surface area contributed by atoms with Gasteiger partial charge in [0.2, 0.25) is 0 Å². The van der Waals surface area contributed by atoms with Crippen molar-refractivity contribution in [3.8, 4) is 5.75 Å². The van der Waals surface area contributed by atoms with Crippen molar-refractivity contribution < 1.29 is 23.1 Å². The highest BCUT2D eigenvalue weighted by atomic mass is 32.2. The molecule has 1 aliphatic heterocycles. The fourth-order valence-corrected chi connectivity index (χ4v) is 5.91. The summed E-state index contributed by atoms with van der Waals surface area (Å²) >= 11 is 1.03. The second-order valence-electron chi connectivity index (χ2n) is 6.32. The molecular formula is C18H22N2O5S2. The molecule has 1 N–H and O–H groups in total. The third-order valence-corrected chi connectivity index (χ3v) is 7.90. The quantitative estimate of drug-likeness (QED) is 0.750. The van der Waals surface area contributed by atoms with E-state index in [2.05, 4.69) is 4.90 Å². The molecule has 2 heterocycles. The van der Waals surface area contributed by atoms with Crippen LogP contribution in [0.3, 0.4) is 0 Å². The van der Waals surface area contributed by atoms with E-state index in [9.17, 15) is 13.2 Å². The van der Waals surface area contributed by atoms with E-state index in [1.807, 2.05) is 24.3 Å². The van der Waals surface area contributed by atoms with Crippen molar-refractivity contribution in [1.29, 1.82) is 0 Å². The van der Waals surface area contributed by atoms with Gasteiger partial charge in [0.15, 0.2) is 0 Å². The minimum Gasteiger partial charge on any atom is -0.497 e. The van der Waals surface area contributed by atoms with Crippen molar-refractivity contribution in [3.63, 3.8) is 0 Å². The van der Waals surface area contributed by atoms with Gasteiger partial charge in [-0.2, -0.15) is 4.31 Å². The van der Waals surface area contributed by atoms with Crippen LogP contribution in [0.1, 0.15) is 10.4 Å². The van der Waals surface area contributed by atoms with Gasteiger partial charge in [-0.15, -0.1) is 11.3 Å². The number of carbonyl (C=O) groups is 1. The lowest BCUT2D eigenvalue weighted by Gasteiger charge is -2.33. The van der Waals surface area contributed by atoms with Crippen LogP contribution >= 0.6 is 11.3 Å². The topological polar surface area (TPSA) is 87.2 Å². The molecule has 0 bridgehead atoms. The molecule has 0 saturated carbocycles. The number of thiophene rings is 1. The minimum absolute atomic E-state index is 0.157. The smallest absolute Gasteiger partial charge is 0.308 e. The van der Waals surface area contributed by atoms with Gasteiger partial charge in [0.25, 0.3) is 10.0 Å². The largest absolute Gasteiger partial charge is 0.497 e. The van der Waals surface area contributed by atoms with E-state index in [-0.39, 0.29) is 10.6 Å². The lowest BCUT2D eigenvalue weighted by atomic mass is 10.2. The van der Waals surface area contributed by atoms with E-state index < -0.39 is 16.0 Å². The highest BCUT2D eigenvalue weighted by Crippen LogP contribution is 2.26. The van der Waals surface area contributed by atoms with Gasteiger partial charge in [0.05, 0.1) is 13.5 Å². The second kappa shape index (κ2) is 8.39. The molecule has 1 saturated heterocycles. The van der Waals surface area contributed by atoms with Crippen LogP contribution in [0, 0.1) is 0 Å². The van der Waals surface area contributed by atoms with E-state index >= 15 is 0 Å². The molecule has 146 valence electrons. The zero-order valence-electron chi connectivity index (χ0n) is 15.0. The van der Waals surface area contributed by atoms with Crippen LogP contribution in [0.2, 0.25) is 0 Å². The molecule has 1 aliphatic rings. The van der Waals surface area contributed by atoms with Crippen molar-refractivity contribution in [3.05, 3.63) is 46.8 Å². The van der Waals surface area contributed by atoms with E-state index in [1.54, 1.807) is 13.2 Å². The molecule has 27 heavy (non-hydrogen) atoms. The Bertz CT molecular complexity index is 885.